The number of carbonyl (C=O) groups excluding carboxylic acids is 1. The Bertz CT molecular complexity index is 491. The molecule has 1 aromatic rings. The first-order valence-electron chi connectivity index (χ1n) is 6.11. The molecule has 18 heavy (non-hydrogen) atoms. The summed E-state index contributed by atoms with van der Waals surface area (Å²) in [7, 11) is 0. The van der Waals surface area contributed by atoms with Crippen LogP contribution in [0.5, 0.6) is 0 Å². The molecule has 0 radical (unpaired) electrons. The Hall–Kier alpha value is -1.43. The summed E-state index contributed by atoms with van der Waals surface area (Å²) >= 11 is 0. The first-order valence-corrected chi connectivity index (χ1v) is 6.11. The lowest BCUT2D eigenvalue weighted by Gasteiger charge is -2.45. The second-order valence-corrected chi connectivity index (χ2v) is 5.18. The monoisotopic (exact) mass is 247 g/mol. The number of rotatable bonds is 3. The molecule has 3 rings (SSSR count). The summed E-state index contributed by atoms with van der Waals surface area (Å²) in [5.41, 5.74) is 14.9. The van der Waals surface area contributed by atoms with Gasteiger partial charge in [0.05, 0.1) is 19.6 Å². The second kappa shape index (κ2) is 4.05. The van der Waals surface area contributed by atoms with Crippen LogP contribution in [-0.4, -0.2) is 25.7 Å². The normalized spacial score (nSPS) is 22.0. The van der Waals surface area contributed by atoms with Crippen LogP contribution in [0.15, 0.2) is 18.2 Å². The van der Waals surface area contributed by atoms with Crippen molar-refractivity contribution in [3.63, 3.8) is 0 Å². The van der Waals surface area contributed by atoms with Crippen LogP contribution in [0.4, 0.5) is 5.69 Å². The number of amides is 1. The highest BCUT2D eigenvalue weighted by molar-refractivity contribution is 5.99. The van der Waals surface area contributed by atoms with E-state index in [2.05, 4.69) is 5.32 Å². The molecule has 0 saturated carbocycles. The molecule has 0 aliphatic carbocycles. The second-order valence-electron chi connectivity index (χ2n) is 5.18. The fourth-order valence-corrected chi connectivity index (χ4v) is 2.58. The molecule has 2 aliphatic heterocycles. The number of anilines is 1. The molecule has 0 spiro atoms. The van der Waals surface area contributed by atoms with Gasteiger partial charge in [0, 0.05) is 23.7 Å². The summed E-state index contributed by atoms with van der Waals surface area (Å²) in [5, 5.41) is 2.82. The third-order valence-electron chi connectivity index (χ3n) is 3.96. The van der Waals surface area contributed by atoms with Gasteiger partial charge in [0.2, 0.25) is 5.91 Å². The summed E-state index contributed by atoms with van der Waals surface area (Å²) in [6, 6.07) is 5.75. The Kier molecular flexibility index (Phi) is 2.62. The number of benzene rings is 1. The van der Waals surface area contributed by atoms with Gasteiger partial charge in [-0.3, -0.25) is 4.79 Å². The van der Waals surface area contributed by atoms with Crippen LogP contribution in [0.3, 0.4) is 0 Å². The lowest BCUT2D eigenvalue weighted by molar-refractivity contribution is -0.121. The van der Waals surface area contributed by atoms with Crippen molar-refractivity contribution in [1.29, 1.82) is 0 Å². The van der Waals surface area contributed by atoms with E-state index < -0.39 is 0 Å². The van der Waals surface area contributed by atoms with Gasteiger partial charge in [0.25, 0.3) is 0 Å². The minimum Gasteiger partial charge on any atom is -0.380 e. The maximum Gasteiger partial charge on any atom is 0.228 e. The minimum absolute atomic E-state index is 0.0382. The van der Waals surface area contributed by atoms with Gasteiger partial charge in [-0.15, -0.1) is 0 Å². The molecule has 1 amide bonds. The number of fused-ring (bicyclic) bond motifs is 1. The smallest absolute Gasteiger partial charge is 0.228 e. The predicted molar refractivity (Wildman–Crippen MR) is 68.0 cm³/mol. The standard InChI is InChI=1S/C13H17N3O2/c14-5-13(6-18-7-13)12(15)8-1-2-10-9(3-8)4-11(17)16-10/h1-3,12H,4-7,14-15H2,(H,16,17). The third-order valence-corrected chi connectivity index (χ3v) is 3.96. The van der Waals surface area contributed by atoms with Crippen LogP contribution in [0.25, 0.3) is 0 Å². The highest BCUT2D eigenvalue weighted by atomic mass is 16.5. The Morgan fingerprint density at radius 3 is 2.83 bits per heavy atom. The van der Waals surface area contributed by atoms with Gasteiger partial charge < -0.3 is 21.5 Å². The molecule has 2 aliphatic rings. The van der Waals surface area contributed by atoms with E-state index in [9.17, 15) is 4.79 Å². The van der Waals surface area contributed by atoms with E-state index in [1.807, 2.05) is 18.2 Å². The quantitative estimate of drug-likeness (QED) is 0.709. The first-order chi connectivity index (χ1) is 8.64. The average molecular weight is 247 g/mol. The summed E-state index contributed by atoms with van der Waals surface area (Å²) in [6.45, 7) is 1.74. The van der Waals surface area contributed by atoms with Crippen LogP contribution in [0.1, 0.15) is 17.2 Å². The predicted octanol–water partition coefficient (Wildman–Crippen LogP) is 0.156. The van der Waals surface area contributed by atoms with Gasteiger partial charge >= 0.3 is 0 Å². The van der Waals surface area contributed by atoms with Crippen LogP contribution >= 0.6 is 0 Å². The number of nitrogens with one attached hydrogen (secondary N) is 1. The van der Waals surface area contributed by atoms with Crippen LogP contribution in [0, 0.1) is 5.41 Å². The summed E-state index contributed by atoms with van der Waals surface area (Å²) < 4.78 is 5.25. The SMILES string of the molecule is NCC1(C(N)c2ccc3c(c2)CC(=O)N3)COC1. The Balaban J connectivity index is 1.89. The first kappa shape index (κ1) is 11.6. The van der Waals surface area contributed by atoms with Crippen molar-refractivity contribution in [1.82, 2.24) is 0 Å². The maximum atomic E-state index is 11.3. The molecule has 1 unspecified atom stereocenters. The van der Waals surface area contributed by atoms with Crippen molar-refractivity contribution in [3.05, 3.63) is 29.3 Å². The van der Waals surface area contributed by atoms with Crippen molar-refractivity contribution in [2.24, 2.45) is 16.9 Å². The number of hydrogen-bond acceptors (Lipinski definition) is 4. The molecule has 0 aromatic heterocycles. The largest absolute Gasteiger partial charge is 0.380 e. The molecule has 5 nitrogen and oxygen atoms in total. The van der Waals surface area contributed by atoms with Gasteiger partial charge in [-0.25, -0.2) is 0 Å². The number of ether oxygens (including phenoxy) is 1. The van der Waals surface area contributed by atoms with E-state index >= 15 is 0 Å². The Morgan fingerprint density at radius 2 is 2.22 bits per heavy atom. The molecule has 96 valence electrons. The van der Waals surface area contributed by atoms with E-state index in [0.717, 1.165) is 16.8 Å². The van der Waals surface area contributed by atoms with E-state index in [4.69, 9.17) is 16.2 Å². The average Bonchev–Trinajstić information content (AvgIpc) is 2.67. The molecule has 0 bridgehead atoms. The van der Waals surface area contributed by atoms with Crippen molar-refractivity contribution in [2.75, 3.05) is 25.1 Å². The maximum absolute atomic E-state index is 11.3. The molecule has 2 heterocycles. The van der Waals surface area contributed by atoms with Crippen molar-refractivity contribution in [3.8, 4) is 0 Å². The molecule has 1 saturated heterocycles. The number of hydrogen-bond donors (Lipinski definition) is 3. The summed E-state index contributed by atoms with van der Waals surface area (Å²) in [4.78, 5) is 11.3. The van der Waals surface area contributed by atoms with Crippen LogP contribution in [-0.2, 0) is 16.0 Å². The minimum atomic E-state index is -0.149. The molecular weight excluding hydrogens is 230 g/mol. The van der Waals surface area contributed by atoms with E-state index in [1.165, 1.54) is 0 Å². The molecule has 1 fully saturated rings. The zero-order valence-corrected chi connectivity index (χ0v) is 10.1. The lowest BCUT2D eigenvalue weighted by Crippen LogP contribution is -2.54. The van der Waals surface area contributed by atoms with E-state index in [0.29, 0.717) is 26.2 Å². The van der Waals surface area contributed by atoms with Crippen molar-refractivity contribution < 1.29 is 9.53 Å². The number of carbonyl (C=O) groups is 1. The van der Waals surface area contributed by atoms with Crippen LogP contribution in [0.2, 0.25) is 0 Å². The zero-order chi connectivity index (χ0) is 12.8. The topological polar surface area (TPSA) is 90.4 Å². The summed E-state index contributed by atoms with van der Waals surface area (Å²) in [6.07, 6.45) is 0.433. The lowest BCUT2D eigenvalue weighted by atomic mass is 9.75. The molecule has 1 atom stereocenters. The highest BCUT2D eigenvalue weighted by Gasteiger charge is 2.43. The molecule has 1 aromatic carbocycles. The van der Waals surface area contributed by atoms with E-state index in [1.54, 1.807) is 0 Å². The fourth-order valence-electron chi connectivity index (χ4n) is 2.58. The van der Waals surface area contributed by atoms with Crippen LogP contribution < -0.4 is 16.8 Å². The Labute approximate surface area is 105 Å². The summed E-state index contributed by atoms with van der Waals surface area (Å²) in [5.74, 6) is 0.0382. The van der Waals surface area contributed by atoms with Gasteiger partial charge in [-0.1, -0.05) is 12.1 Å². The van der Waals surface area contributed by atoms with Crippen molar-refractivity contribution >= 4 is 11.6 Å². The molecular formula is C13H17N3O2. The van der Waals surface area contributed by atoms with Gasteiger partial charge in [-0.05, 0) is 17.2 Å². The Morgan fingerprint density at radius 1 is 1.44 bits per heavy atom. The highest BCUT2D eigenvalue weighted by Crippen LogP contribution is 2.39. The third kappa shape index (κ3) is 1.63. The molecule has 5 heteroatoms. The fraction of sp³-hybridized carbons (Fsp3) is 0.462. The number of nitrogens with two attached hydrogens (primary N) is 2. The van der Waals surface area contributed by atoms with Crippen molar-refractivity contribution in [2.45, 2.75) is 12.5 Å². The van der Waals surface area contributed by atoms with Gasteiger partial charge in [0.1, 0.15) is 0 Å². The van der Waals surface area contributed by atoms with Gasteiger partial charge in [0.15, 0.2) is 0 Å². The molecule has 5 N–H and O–H groups in total. The van der Waals surface area contributed by atoms with Gasteiger partial charge in [-0.2, -0.15) is 0 Å². The zero-order valence-electron chi connectivity index (χ0n) is 10.1. The van der Waals surface area contributed by atoms with E-state index in [-0.39, 0.29) is 17.4 Å².